The minimum absolute atomic E-state index is 0.0579. The minimum atomic E-state index is -0.332. The molecule has 0 radical (unpaired) electrons. The third kappa shape index (κ3) is 5.37. The Morgan fingerprint density at radius 2 is 1.88 bits per heavy atom. The second-order valence-corrected chi connectivity index (χ2v) is 6.34. The third-order valence-electron chi connectivity index (χ3n) is 4.56. The molecule has 1 aliphatic rings. The largest absolute Gasteiger partial charge is 0.497 e. The summed E-state index contributed by atoms with van der Waals surface area (Å²) in [7, 11) is 3.16. The fourth-order valence-corrected chi connectivity index (χ4v) is 3.13. The predicted octanol–water partition coefficient (Wildman–Crippen LogP) is 3.00. The molecule has 1 aromatic rings. The molecule has 0 saturated heterocycles. The van der Waals surface area contributed by atoms with Gasteiger partial charge >= 0.3 is 5.97 Å². The van der Waals surface area contributed by atoms with Crippen molar-refractivity contribution in [2.24, 2.45) is 5.92 Å². The number of rotatable bonds is 7. The van der Waals surface area contributed by atoms with Gasteiger partial charge in [0.05, 0.1) is 26.2 Å². The molecule has 0 unspecified atom stereocenters. The summed E-state index contributed by atoms with van der Waals surface area (Å²) in [5.41, 5.74) is 0.800. The monoisotopic (exact) mass is 349 g/mol. The van der Waals surface area contributed by atoms with Crippen molar-refractivity contribution in [3.05, 3.63) is 23.8 Å². The highest BCUT2D eigenvalue weighted by Crippen LogP contribution is 2.29. The number of ether oxygens (including phenoxy) is 3. The number of carbonyl (C=O) groups excluding carboxylic acids is 2. The zero-order chi connectivity index (χ0) is 18.2. The SMILES string of the molecule is COc1ccc(OC)c([C@H](C)NC(=O)COC(=O)C2CCCCC2)c1. The van der Waals surface area contributed by atoms with Gasteiger partial charge in [-0.1, -0.05) is 19.3 Å². The molecule has 1 aromatic carbocycles. The lowest BCUT2D eigenvalue weighted by atomic mass is 9.89. The maximum Gasteiger partial charge on any atom is 0.309 e. The minimum Gasteiger partial charge on any atom is -0.497 e. The Kier molecular flexibility index (Phi) is 7.10. The molecule has 0 bridgehead atoms. The fourth-order valence-electron chi connectivity index (χ4n) is 3.13. The van der Waals surface area contributed by atoms with Crippen LogP contribution < -0.4 is 14.8 Å². The summed E-state index contributed by atoms with van der Waals surface area (Å²) < 4.78 is 15.7. The summed E-state index contributed by atoms with van der Waals surface area (Å²) in [5, 5.41) is 2.83. The van der Waals surface area contributed by atoms with E-state index in [-0.39, 0.29) is 30.4 Å². The summed E-state index contributed by atoms with van der Waals surface area (Å²) in [6.07, 6.45) is 5.00. The molecule has 6 nitrogen and oxygen atoms in total. The summed E-state index contributed by atoms with van der Waals surface area (Å²) in [6.45, 7) is 1.59. The molecule has 25 heavy (non-hydrogen) atoms. The Bertz CT molecular complexity index is 595. The zero-order valence-electron chi connectivity index (χ0n) is 15.2. The van der Waals surface area contributed by atoms with E-state index in [2.05, 4.69) is 5.32 Å². The van der Waals surface area contributed by atoms with E-state index < -0.39 is 0 Å². The molecule has 2 rings (SSSR count). The van der Waals surface area contributed by atoms with Gasteiger partial charge in [0.15, 0.2) is 6.61 Å². The first-order valence-electron chi connectivity index (χ1n) is 8.73. The first kappa shape index (κ1) is 19.1. The Morgan fingerprint density at radius 3 is 2.52 bits per heavy atom. The summed E-state index contributed by atoms with van der Waals surface area (Å²) in [4.78, 5) is 24.1. The Balaban J connectivity index is 1.88. The Hall–Kier alpha value is -2.24. The van der Waals surface area contributed by atoms with Crippen molar-refractivity contribution in [3.63, 3.8) is 0 Å². The van der Waals surface area contributed by atoms with Crippen molar-refractivity contribution in [2.75, 3.05) is 20.8 Å². The van der Waals surface area contributed by atoms with Crippen LogP contribution in [-0.2, 0) is 14.3 Å². The Labute approximate surface area is 148 Å². The molecule has 1 fully saturated rings. The number of nitrogens with one attached hydrogen (secondary N) is 1. The molecule has 0 aliphatic heterocycles. The average Bonchev–Trinajstić information content (AvgIpc) is 2.66. The van der Waals surface area contributed by atoms with Crippen molar-refractivity contribution in [3.8, 4) is 11.5 Å². The van der Waals surface area contributed by atoms with Crippen molar-refractivity contribution in [1.82, 2.24) is 5.32 Å². The highest BCUT2D eigenvalue weighted by molar-refractivity contribution is 5.81. The molecule has 1 aliphatic carbocycles. The number of hydrogen-bond acceptors (Lipinski definition) is 5. The maximum absolute atomic E-state index is 12.1. The molecule has 0 aromatic heterocycles. The first-order valence-corrected chi connectivity index (χ1v) is 8.73. The number of carbonyl (C=O) groups is 2. The third-order valence-corrected chi connectivity index (χ3v) is 4.56. The topological polar surface area (TPSA) is 73.9 Å². The van der Waals surface area contributed by atoms with Gasteiger partial charge in [0, 0.05) is 5.56 Å². The Morgan fingerprint density at radius 1 is 1.16 bits per heavy atom. The lowest BCUT2D eigenvalue weighted by Crippen LogP contribution is -2.32. The van der Waals surface area contributed by atoms with Crippen LogP contribution in [0, 0.1) is 5.92 Å². The first-order chi connectivity index (χ1) is 12.0. The van der Waals surface area contributed by atoms with Crippen LogP contribution in [0.3, 0.4) is 0 Å². The quantitative estimate of drug-likeness (QED) is 0.766. The van der Waals surface area contributed by atoms with E-state index in [0.29, 0.717) is 11.5 Å². The van der Waals surface area contributed by atoms with E-state index >= 15 is 0 Å². The van der Waals surface area contributed by atoms with Gasteiger partial charge in [-0.2, -0.15) is 0 Å². The van der Waals surface area contributed by atoms with Gasteiger partial charge in [-0.05, 0) is 38.0 Å². The van der Waals surface area contributed by atoms with Crippen LogP contribution in [0.25, 0.3) is 0 Å². The average molecular weight is 349 g/mol. The predicted molar refractivity (Wildman–Crippen MR) is 93.6 cm³/mol. The van der Waals surface area contributed by atoms with Crippen LogP contribution in [0.15, 0.2) is 18.2 Å². The molecule has 6 heteroatoms. The number of hydrogen-bond donors (Lipinski definition) is 1. The zero-order valence-corrected chi connectivity index (χ0v) is 15.2. The van der Waals surface area contributed by atoms with Crippen molar-refractivity contribution in [2.45, 2.75) is 45.1 Å². The molecule has 0 heterocycles. The number of amides is 1. The maximum atomic E-state index is 12.1. The van der Waals surface area contributed by atoms with E-state index in [0.717, 1.165) is 31.2 Å². The lowest BCUT2D eigenvalue weighted by Gasteiger charge is -2.21. The normalized spacial score (nSPS) is 16.0. The van der Waals surface area contributed by atoms with Crippen molar-refractivity contribution < 1.29 is 23.8 Å². The second kappa shape index (κ2) is 9.30. The molecule has 1 N–H and O–H groups in total. The van der Waals surface area contributed by atoms with Crippen LogP contribution in [-0.4, -0.2) is 32.7 Å². The lowest BCUT2D eigenvalue weighted by molar-refractivity contribution is -0.153. The van der Waals surface area contributed by atoms with E-state index in [9.17, 15) is 9.59 Å². The molecule has 138 valence electrons. The number of benzene rings is 1. The van der Waals surface area contributed by atoms with Crippen LogP contribution in [0.4, 0.5) is 0 Å². The van der Waals surface area contributed by atoms with Gasteiger partial charge in [0.1, 0.15) is 11.5 Å². The number of methoxy groups -OCH3 is 2. The summed E-state index contributed by atoms with van der Waals surface area (Å²) in [5.74, 6) is 0.689. The van der Waals surface area contributed by atoms with Crippen LogP contribution in [0.2, 0.25) is 0 Å². The second-order valence-electron chi connectivity index (χ2n) is 6.34. The molecule has 1 saturated carbocycles. The number of esters is 1. The van der Waals surface area contributed by atoms with Crippen molar-refractivity contribution >= 4 is 11.9 Å². The van der Waals surface area contributed by atoms with Gasteiger partial charge < -0.3 is 19.5 Å². The van der Waals surface area contributed by atoms with Crippen LogP contribution in [0.5, 0.6) is 11.5 Å². The van der Waals surface area contributed by atoms with Crippen LogP contribution >= 0.6 is 0 Å². The highest BCUT2D eigenvalue weighted by Gasteiger charge is 2.23. The molecular formula is C19H27NO5. The fraction of sp³-hybridized carbons (Fsp3) is 0.579. The van der Waals surface area contributed by atoms with Crippen LogP contribution in [0.1, 0.15) is 50.6 Å². The van der Waals surface area contributed by atoms with E-state index in [1.54, 1.807) is 26.4 Å². The smallest absolute Gasteiger partial charge is 0.309 e. The van der Waals surface area contributed by atoms with E-state index in [1.165, 1.54) is 6.42 Å². The van der Waals surface area contributed by atoms with Gasteiger partial charge in [-0.3, -0.25) is 9.59 Å². The van der Waals surface area contributed by atoms with E-state index in [1.807, 2.05) is 13.0 Å². The van der Waals surface area contributed by atoms with Gasteiger partial charge in [-0.15, -0.1) is 0 Å². The summed E-state index contributed by atoms with van der Waals surface area (Å²) >= 11 is 0. The molecule has 0 spiro atoms. The highest BCUT2D eigenvalue weighted by atomic mass is 16.5. The standard InChI is InChI=1S/C19H27NO5/c1-13(16-11-15(23-2)9-10-17(16)24-3)20-18(21)12-25-19(22)14-7-5-4-6-8-14/h9-11,13-14H,4-8,12H2,1-3H3,(H,20,21)/t13-/m0/s1. The molecular weight excluding hydrogens is 322 g/mol. The summed E-state index contributed by atoms with van der Waals surface area (Å²) in [6, 6.07) is 5.10. The molecule has 1 amide bonds. The van der Waals surface area contributed by atoms with Crippen molar-refractivity contribution in [1.29, 1.82) is 0 Å². The molecule has 1 atom stereocenters. The van der Waals surface area contributed by atoms with Gasteiger partial charge in [0.2, 0.25) is 0 Å². The van der Waals surface area contributed by atoms with E-state index in [4.69, 9.17) is 14.2 Å². The van der Waals surface area contributed by atoms with Gasteiger partial charge in [0.25, 0.3) is 5.91 Å². The van der Waals surface area contributed by atoms with Gasteiger partial charge in [-0.25, -0.2) is 0 Å².